The summed E-state index contributed by atoms with van der Waals surface area (Å²) in [5, 5.41) is 5.38. The number of halogens is 2. The molecule has 37 heavy (non-hydrogen) atoms. The van der Waals surface area contributed by atoms with Crippen molar-refractivity contribution in [1.82, 2.24) is 9.80 Å². The zero-order chi connectivity index (χ0) is 26.4. The maximum absolute atomic E-state index is 14.2. The van der Waals surface area contributed by atoms with Gasteiger partial charge in [0.25, 0.3) is 0 Å². The molecule has 6 nitrogen and oxygen atoms in total. The van der Waals surface area contributed by atoms with E-state index in [0.717, 1.165) is 18.4 Å². The van der Waals surface area contributed by atoms with E-state index in [1.807, 2.05) is 18.4 Å². The lowest BCUT2D eigenvalue weighted by Gasteiger charge is -2.37. The number of ether oxygens (including phenoxy) is 1. The molecule has 196 valence electrons. The lowest BCUT2D eigenvalue weighted by atomic mass is 10.00. The molecule has 9 heteroatoms. The summed E-state index contributed by atoms with van der Waals surface area (Å²) in [6.07, 6.45) is 1.60. The van der Waals surface area contributed by atoms with E-state index >= 15 is 0 Å². The van der Waals surface area contributed by atoms with Gasteiger partial charge in [0, 0.05) is 28.7 Å². The number of para-hydroxylation sites is 1. The summed E-state index contributed by atoms with van der Waals surface area (Å²) in [6, 6.07) is 14.4. The van der Waals surface area contributed by atoms with E-state index in [2.05, 4.69) is 12.2 Å². The highest BCUT2D eigenvalue weighted by atomic mass is 35.5. The molecule has 0 bridgehead atoms. The Morgan fingerprint density at radius 1 is 1.24 bits per heavy atom. The first-order valence-corrected chi connectivity index (χ1v) is 13.7. The van der Waals surface area contributed by atoms with Crippen molar-refractivity contribution in [3.05, 3.63) is 81.3 Å². The molecule has 0 radical (unpaired) electrons. The first-order chi connectivity index (χ1) is 17.9. The summed E-state index contributed by atoms with van der Waals surface area (Å²) in [5.41, 5.74) is 1.58. The number of thiophene rings is 1. The highest BCUT2D eigenvalue weighted by Crippen LogP contribution is 2.34. The fourth-order valence-corrected chi connectivity index (χ4v) is 5.47. The van der Waals surface area contributed by atoms with E-state index in [1.165, 1.54) is 10.9 Å². The van der Waals surface area contributed by atoms with Crippen LogP contribution in [0.3, 0.4) is 0 Å². The number of rotatable bonds is 9. The van der Waals surface area contributed by atoms with Crippen molar-refractivity contribution >= 4 is 40.6 Å². The van der Waals surface area contributed by atoms with Gasteiger partial charge in [0.15, 0.2) is 11.6 Å². The van der Waals surface area contributed by atoms with Crippen LogP contribution in [-0.2, 0) is 11.2 Å². The summed E-state index contributed by atoms with van der Waals surface area (Å²) >= 11 is 7.72. The number of anilines is 1. The van der Waals surface area contributed by atoms with Crippen LogP contribution >= 0.6 is 22.9 Å². The average Bonchev–Trinajstić information content (AvgIpc) is 3.36. The Labute approximate surface area is 226 Å². The van der Waals surface area contributed by atoms with Gasteiger partial charge in [-0.2, -0.15) is 0 Å². The summed E-state index contributed by atoms with van der Waals surface area (Å²) in [4.78, 5) is 31.4. The topological polar surface area (TPSA) is 61.9 Å². The van der Waals surface area contributed by atoms with Gasteiger partial charge in [-0.05, 0) is 59.7 Å². The predicted octanol–water partition coefficient (Wildman–Crippen LogP) is 6.63. The number of nitrogens with zero attached hydrogens (tertiary/aromatic N) is 2. The smallest absolute Gasteiger partial charge is 0.322 e. The lowest BCUT2D eigenvalue weighted by molar-refractivity contribution is -0.135. The Morgan fingerprint density at radius 3 is 2.81 bits per heavy atom. The zero-order valence-corrected chi connectivity index (χ0v) is 22.5. The van der Waals surface area contributed by atoms with Crippen molar-refractivity contribution in [2.75, 3.05) is 31.6 Å². The van der Waals surface area contributed by atoms with E-state index in [4.69, 9.17) is 16.3 Å². The van der Waals surface area contributed by atoms with Crippen LogP contribution in [-0.4, -0.2) is 48.0 Å². The Morgan fingerprint density at radius 2 is 2.05 bits per heavy atom. The summed E-state index contributed by atoms with van der Waals surface area (Å²) in [7, 11) is 0. The van der Waals surface area contributed by atoms with Gasteiger partial charge in [-0.25, -0.2) is 9.18 Å². The summed E-state index contributed by atoms with van der Waals surface area (Å²) in [5.74, 6) is -0.262. The number of amides is 3. The van der Waals surface area contributed by atoms with Crippen LogP contribution in [0.5, 0.6) is 5.75 Å². The van der Waals surface area contributed by atoms with Crippen LogP contribution in [0, 0.1) is 11.7 Å². The quantitative estimate of drug-likeness (QED) is 0.329. The molecule has 0 fully saturated rings. The van der Waals surface area contributed by atoms with E-state index in [1.54, 1.807) is 63.6 Å². The monoisotopic (exact) mass is 543 g/mol. The molecule has 2 aromatic carbocycles. The minimum absolute atomic E-state index is 0.0770. The molecule has 3 amide bonds. The third-order valence-electron chi connectivity index (χ3n) is 6.57. The maximum atomic E-state index is 14.2. The molecule has 1 aromatic heterocycles. The number of carbonyl (C=O) groups excluding carboxylic acids is 2. The fraction of sp³-hybridized carbons (Fsp3) is 0.357. The average molecular weight is 544 g/mol. The standard InChI is InChI=1S/C28H31ClFN3O3S/c1-3-19(2)16-32(28(35)31-21-8-6-7-20(29)15-21)17-27(34)33-13-11-26-22(12-14-37-26)24(33)18-36-25-10-5-4-9-23(25)30/h4-10,12,14-15,19,24H,3,11,13,16-18H2,1-2H3,(H,31,35). The number of fused-ring (bicyclic) bond motifs is 1. The van der Waals surface area contributed by atoms with Crippen LogP contribution < -0.4 is 10.1 Å². The second-order valence-electron chi connectivity index (χ2n) is 9.23. The minimum atomic E-state index is -0.445. The van der Waals surface area contributed by atoms with Gasteiger partial charge in [-0.1, -0.05) is 50.1 Å². The number of nitrogens with one attached hydrogen (secondary N) is 1. The lowest BCUT2D eigenvalue weighted by Crippen LogP contribution is -2.49. The molecule has 1 aliphatic rings. The van der Waals surface area contributed by atoms with E-state index < -0.39 is 5.82 Å². The fourth-order valence-electron chi connectivity index (χ4n) is 4.35. The van der Waals surface area contributed by atoms with Gasteiger partial charge in [-0.15, -0.1) is 11.3 Å². The predicted molar refractivity (Wildman–Crippen MR) is 146 cm³/mol. The molecule has 2 heterocycles. The Balaban J connectivity index is 1.51. The van der Waals surface area contributed by atoms with Gasteiger partial charge in [0.2, 0.25) is 5.91 Å². The van der Waals surface area contributed by atoms with Gasteiger partial charge in [-0.3, -0.25) is 4.79 Å². The SMILES string of the molecule is CCC(C)CN(CC(=O)N1CCc2sccc2C1COc1ccccc1F)C(=O)Nc1cccc(Cl)c1. The number of carbonyl (C=O) groups is 2. The van der Waals surface area contributed by atoms with Crippen LogP contribution in [0.15, 0.2) is 60.0 Å². The van der Waals surface area contributed by atoms with Gasteiger partial charge >= 0.3 is 6.03 Å². The molecule has 2 unspecified atom stereocenters. The van der Waals surface area contributed by atoms with Crippen molar-refractivity contribution in [3.63, 3.8) is 0 Å². The Kier molecular flexibility index (Phi) is 9.05. The third kappa shape index (κ3) is 6.81. The molecule has 2 atom stereocenters. The van der Waals surface area contributed by atoms with Crippen molar-refractivity contribution in [3.8, 4) is 5.75 Å². The Hall–Kier alpha value is -3.10. The molecule has 1 N–H and O–H groups in total. The van der Waals surface area contributed by atoms with E-state index in [-0.39, 0.29) is 42.8 Å². The molecule has 0 saturated heterocycles. The highest BCUT2D eigenvalue weighted by molar-refractivity contribution is 7.10. The van der Waals surface area contributed by atoms with Crippen molar-refractivity contribution in [1.29, 1.82) is 0 Å². The second kappa shape index (κ2) is 12.4. The van der Waals surface area contributed by atoms with Crippen molar-refractivity contribution in [2.45, 2.75) is 32.7 Å². The van der Waals surface area contributed by atoms with Crippen LogP contribution in [0.2, 0.25) is 5.02 Å². The largest absolute Gasteiger partial charge is 0.488 e. The van der Waals surface area contributed by atoms with Crippen LogP contribution in [0.25, 0.3) is 0 Å². The van der Waals surface area contributed by atoms with Crippen LogP contribution in [0.4, 0.5) is 14.9 Å². The molecule has 1 aliphatic heterocycles. The number of urea groups is 1. The van der Waals surface area contributed by atoms with Crippen LogP contribution in [0.1, 0.15) is 36.8 Å². The highest BCUT2D eigenvalue weighted by Gasteiger charge is 2.34. The maximum Gasteiger partial charge on any atom is 0.322 e. The molecule has 0 spiro atoms. The zero-order valence-electron chi connectivity index (χ0n) is 21.0. The van der Waals surface area contributed by atoms with Gasteiger partial charge < -0.3 is 19.9 Å². The molecule has 3 aromatic rings. The molecular weight excluding hydrogens is 513 g/mol. The minimum Gasteiger partial charge on any atom is -0.488 e. The number of hydrogen-bond donors (Lipinski definition) is 1. The molecule has 0 aliphatic carbocycles. The first-order valence-electron chi connectivity index (χ1n) is 12.4. The number of hydrogen-bond acceptors (Lipinski definition) is 4. The van der Waals surface area contributed by atoms with Crippen molar-refractivity contribution < 1.29 is 18.7 Å². The molecule has 0 saturated carbocycles. The van der Waals surface area contributed by atoms with Gasteiger partial charge in [0.1, 0.15) is 13.2 Å². The molecule has 4 rings (SSSR count). The summed E-state index contributed by atoms with van der Waals surface area (Å²) < 4.78 is 20.0. The van der Waals surface area contributed by atoms with E-state index in [9.17, 15) is 14.0 Å². The number of benzene rings is 2. The first kappa shape index (κ1) is 26.9. The normalized spacial score (nSPS) is 15.6. The summed E-state index contributed by atoms with van der Waals surface area (Å²) in [6.45, 7) is 5.09. The molecular formula is C28H31ClFN3O3S. The Bertz CT molecular complexity index is 1240. The van der Waals surface area contributed by atoms with Gasteiger partial charge in [0.05, 0.1) is 6.04 Å². The second-order valence-corrected chi connectivity index (χ2v) is 10.7. The van der Waals surface area contributed by atoms with Crippen molar-refractivity contribution in [2.24, 2.45) is 5.92 Å². The van der Waals surface area contributed by atoms with E-state index in [0.29, 0.717) is 23.8 Å². The third-order valence-corrected chi connectivity index (χ3v) is 7.80.